The van der Waals surface area contributed by atoms with E-state index in [9.17, 15) is 8.42 Å². The summed E-state index contributed by atoms with van der Waals surface area (Å²) in [4.78, 5) is 2.11. The van der Waals surface area contributed by atoms with Crippen LogP contribution in [0.25, 0.3) is 0 Å². The minimum atomic E-state index is -3.12. The molecule has 0 aromatic carbocycles. The smallest absolute Gasteiger partial charge is 0.214 e. The van der Waals surface area contributed by atoms with Crippen molar-refractivity contribution in [2.24, 2.45) is 0 Å². The molecule has 0 bridgehead atoms. The molecule has 1 N–H and O–H groups in total. The quantitative estimate of drug-likeness (QED) is 0.659. The molecule has 0 aromatic rings. The van der Waals surface area contributed by atoms with E-state index < -0.39 is 10.0 Å². The molecule has 1 saturated heterocycles. The summed E-state index contributed by atoms with van der Waals surface area (Å²) in [6.45, 7) is 2.66. The van der Waals surface area contributed by atoms with Gasteiger partial charge in [0.05, 0.1) is 5.75 Å². The van der Waals surface area contributed by atoms with Crippen LogP contribution in [0.15, 0.2) is 0 Å². The summed E-state index contributed by atoms with van der Waals surface area (Å²) in [5.41, 5.74) is 0. The maximum absolute atomic E-state index is 11.6. The molecule has 84 valence electrons. The molecule has 0 saturated carbocycles. The lowest BCUT2D eigenvalue weighted by atomic mass is 10.4. The molecule has 5 nitrogen and oxygen atoms in total. The van der Waals surface area contributed by atoms with Crippen molar-refractivity contribution in [3.63, 3.8) is 0 Å². The molecule has 1 aliphatic heterocycles. The van der Waals surface area contributed by atoms with Gasteiger partial charge in [0.25, 0.3) is 0 Å². The molecule has 1 aliphatic rings. The van der Waals surface area contributed by atoms with Gasteiger partial charge in [-0.25, -0.2) is 8.42 Å². The molecule has 0 amide bonds. The molecule has 0 radical (unpaired) electrons. The Morgan fingerprint density at radius 2 is 1.79 bits per heavy atom. The van der Waals surface area contributed by atoms with E-state index in [1.54, 1.807) is 0 Å². The number of hydrogen-bond donors (Lipinski definition) is 1. The maximum atomic E-state index is 11.6. The minimum absolute atomic E-state index is 0.0625. The van der Waals surface area contributed by atoms with Gasteiger partial charge in [-0.1, -0.05) is 0 Å². The van der Waals surface area contributed by atoms with Crippen LogP contribution >= 0.6 is 0 Å². The summed E-state index contributed by atoms with van der Waals surface area (Å²) < 4.78 is 24.8. The van der Waals surface area contributed by atoms with Crippen LogP contribution in [0.5, 0.6) is 0 Å². The van der Waals surface area contributed by atoms with Crippen molar-refractivity contribution in [1.29, 1.82) is 0 Å². The molecule has 14 heavy (non-hydrogen) atoms. The molecule has 0 atom stereocenters. The van der Waals surface area contributed by atoms with Crippen molar-refractivity contribution >= 4 is 10.0 Å². The highest BCUT2D eigenvalue weighted by molar-refractivity contribution is 7.89. The maximum Gasteiger partial charge on any atom is 0.214 e. The van der Waals surface area contributed by atoms with Crippen LogP contribution in [0.3, 0.4) is 0 Å². The average molecular weight is 222 g/mol. The van der Waals surface area contributed by atoms with E-state index in [0.717, 1.165) is 13.1 Å². The fourth-order valence-electron chi connectivity index (χ4n) is 1.44. The molecule has 0 aliphatic carbocycles. The van der Waals surface area contributed by atoms with E-state index in [-0.39, 0.29) is 12.4 Å². The van der Waals surface area contributed by atoms with Gasteiger partial charge in [-0.05, 0) is 13.5 Å². The number of likely N-dealkylation sites (N-methyl/N-ethyl adjacent to an activating group) is 1. The third kappa shape index (κ3) is 3.20. The van der Waals surface area contributed by atoms with Crippen LogP contribution in [0.1, 0.15) is 6.42 Å². The van der Waals surface area contributed by atoms with Gasteiger partial charge in [-0.3, -0.25) is 0 Å². The lowest BCUT2D eigenvalue weighted by Crippen LogP contribution is -2.47. The van der Waals surface area contributed by atoms with E-state index in [1.807, 2.05) is 7.05 Å². The number of rotatable bonds is 4. The zero-order chi connectivity index (χ0) is 10.6. The molecule has 1 rings (SSSR count). The average Bonchev–Trinajstić information content (AvgIpc) is 2.16. The zero-order valence-electron chi connectivity index (χ0n) is 8.52. The van der Waals surface area contributed by atoms with Crippen molar-refractivity contribution in [1.82, 2.24) is 9.21 Å². The van der Waals surface area contributed by atoms with Gasteiger partial charge in [0.15, 0.2) is 0 Å². The Balaban J connectivity index is 2.47. The predicted octanol–water partition coefficient (Wildman–Crippen LogP) is -1.05. The number of nitrogens with zero attached hydrogens (tertiary/aromatic N) is 2. The van der Waals surface area contributed by atoms with Crippen molar-refractivity contribution in [3.8, 4) is 0 Å². The molecule has 1 fully saturated rings. The number of hydrogen-bond acceptors (Lipinski definition) is 4. The van der Waals surface area contributed by atoms with Gasteiger partial charge in [0, 0.05) is 32.8 Å². The first-order valence-electron chi connectivity index (χ1n) is 4.83. The molecular weight excluding hydrogens is 204 g/mol. The van der Waals surface area contributed by atoms with Crippen LogP contribution < -0.4 is 0 Å². The molecule has 0 spiro atoms. The van der Waals surface area contributed by atoms with Gasteiger partial charge in [0.2, 0.25) is 10.0 Å². The highest BCUT2D eigenvalue weighted by atomic mass is 32.2. The Kier molecular flexibility index (Phi) is 4.31. The standard InChI is InChI=1S/C8H18N2O3S/c1-9-3-5-10(6-4-9)14(12,13)8-2-7-11/h11H,2-8H2,1H3. The van der Waals surface area contributed by atoms with Gasteiger partial charge in [-0.2, -0.15) is 4.31 Å². The fraction of sp³-hybridized carbons (Fsp3) is 1.00. The largest absolute Gasteiger partial charge is 0.396 e. The minimum Gasteiger partial charge on any atom is -0.396 e. The monoisotopic (exact) mass is 222 g/mol. The Labute approximate surface area is 85.4 Å². The lowest BCUT2D eigenvalue weighted by Gasteiger charge is -2.31. The number of aliphatic hydroxyl groups is 1. The van der Waals surface area contributed by atoms with Crippen molar-refractivity contribution in [2.45, 2.75) is 6.42 Å². The van der Waals surface area contributed by atoms with E-state index >= 15 is 0 Å². The first-order valence-corrected chi connectivity index (χ1v) is 6.44. The molecule has 0 unspecified atom stereocenters. The van der Waals surface area contributed by atoms with E-state index in [0.29, 0.717) is 19.5 Å². The van der Waals surface area contributed by atoms with Crippen LogP contribution in [-0.2, 0) is 10.0 Å². The summed E-state index contributed by atoms with van der Waals surface area (Å²) in [5, 5.41) is 8.58. The topological polar surface area (TPSA) is 60.9 Å². The summed E-state index contributed by atoms with van der Waals surface area (Å²) in [5.74, 6) is 0.0627. The van der Waals surface area contributed by atoms with Crippen LogP contribution in [-0.4, -0.2) is 68.3 Å². The normalized spacial score (nSPS) is 21.3. The Morgan fingerprint density at radius 1 is 1.21 bits per heavy atom. The van der Waals surface area contributed by atoms with E-state index in [2.05, 4.69) is 4.90 Å². The Morgan fingerprint density at radius 3 is 2.29 bits per heavy atom. The second kappa shape index (κ2) is 5.06. The number of aliphatic hydroxyl groups excluding tert-OH is 1. The van der Waals surface area contributed by atoms with Crippen molar-refractivity contribution in [2.75, 3.05) is 45.6 Å². The number of sulfonamides is 1. The zero-order valence-corrected chi connectivity index (χ0v) is 9.33. The number of piperazine rings is 1. The molecular formula is C8H18N2O3S. The van der Waals surface area contributed by atoms with Crippen LogP contribution in [0, 0.1) is 0 Å². The van der Waals surface area contributed by atoms with Crippen LogP contribution in [0.2, 0.25) is 0 Å². The molecule has 1 heterocycles. The second-order valence-electron chi connectivity index (χ2n) is 3.60. The first kappa shape index (κ1) is 11.9. The summed E-state index contributed by atoms with van der Waals surface area (Å²) in [7, 11) is -1.14. The highest BCUT2D eigenvalue weighted by Gasteiger charge is 2.24. The summed E-state index contributed by atoms with van der Waals surface area (Å²) in [6.07, 6.45) is 0.328. The van der Waals surface area contributed by atoms with Gasteiger partial charge in [-0.15, -0.1) is 0 Å². The van der Waals surface area contributed by atoms with E-state index in [4.69, 9.17) is 5.11 Å². The predicted molar refractivity (Wildman–Crippen MR) is 54.6 cm³/mol. The fourth-order valence-corrected chi connectivity index (χ4v) is 2.91. The van der Waals surface area contributed by atoms with Crippen molar-refractivity contribution in [3.05, 3.63) is 0 Å². The summed E-state index contributed by atoms with van der Waals surface area (Å²) in [6, 6.07) is 0. The molecule has 6 heteroatoms. The van der Waals surface area contributed by atoms with Gasteiger partial charge >= 0.3 is 0 Å². The highest BCUT2D eigenvalue weighted by Crippen LogP contribution is 2.07. The Bertz CT molecular complexity index is 258. The second-order valence-corrected chi connectivity index (χ2v) is 5.68. The van der Waals surface area contributed by atoms with Crippen LogP contribution in [0.4, 0.5) is 0 Å². The van der Waals surface area contributed by atoms with Gasteiger partial charge in [0.1, 0.15) is 0 Å². The molecule has 0 aromatic heterocycles. The lowest BCUT2D eigenvalue weighted by molar-refractivity contribution is 0.221. The summed E-state index contributed by atoms with van der Waals surface area (Å²) >= 11 is 0. The first-order chi connectivity index (χ1) is 6.56. The SMILES string of the molecule is CN1CCN(S(=O)(=O)CCCO)CC1. The van der Waals surface area contributed by atoms with Gasteiger partial charge < -0.3 is 10.0 Å². The van der Waals surface area contributed by atoms with E-state index in [1.165, 1.54) is 4.31 Å². The third-order valence-electron chi connectivity index (χ3n) is 2.42. The Hall–Kier alpha value is -0.170. The third-order valence-corrected chi connectivity index (χ3v) is 4.37. The van der Waals surface area contributed by atoms with Crippen molar-refractivity contribution < 1.29 is 13.5 Å².